The lowest BCUT2D eigenvalue weighted by Gasteiger charge is -2.23. The lowest BCUT2D eigenvalue weighted by atomic mass is 9.97. The molecule has 3 aliphatic rings. The molecule has 0 bridgehead atoms. The molecule has 2 atom stereocenters. The van der Waals surface area contributed by atoms with Gasteiger partial charge in [0.05, 0.1) is 37.6 Å². The average Bonchev–Trinajstić information content (AvgIpc) is 3.54. The van der Waals surface area contributed by atoms with Crippen LogP contribution in [0.1, 0.15) is 34.4 Å². The molecule has 30 heavy (non-hydrogen) atoms. The number of nitrogens with zero attached hydrogens (tertiary/aromatic N) is 3. The van der Waals surface area contributed by atoms with Crippen LogP contribution in [0.3, 0.4) is 0 Å². The summed E-state index contributed by atoms with van der Waals surface area (Å²) in [5.74, 6) is 2.45. The Balaban J connectivity index is 1.37. The molecule has 154 valence electrons. The number of hydrogen-bond acceptors (Lipinski definition) is 7. The molecule has 1 aromatic heterocycles. The second-order valence-electron chi connectivity index (χ2n) is 8.19. The molecule has 2 aromatic carbocycles. The van der Waals surface area contributed by atoms with E-state index >= 15 is 0 Å². The Morgan fingerprint density at radius 1 is 1.03 bits per heavy atom. The fraction of sp³-hybridized carbons (Fsp3) is 0.435. The lowest BCUT2D eigenvalue weighted by Crippen LogP contribution is -2.19. The van der Waals surface area contributed by atoms with Crippen LogP contribution in [0.25, 0.3) is 10.2 Å². The van der Waals surface area contributed by atoms with Crippen molar-refractivity contribution < 1.29 is 14.2 Å². The topological polar surface area (TPSA) is 65.3 Å². The molecule has 0 aliphatic carbocycles. The molecule has 4 heterocycles. The minimum absolute atomic E-state index is 0.0939. The molecule has 2 unspecified atom stereocenters. The second-order valence-corrected chi connectivity index (χ2v) is 9.25. The van der Waals surface area contributed by atoms with Crippen molar-refractivity contribution >= 4 is 21.6 Å². The number of para-hydroxylation sites is 1. The fourth-order valence-corrected chi connectivity index (χ4v) is 5.51. The number of thiazole rings is 1. The maximum Gasteiger partial charge on any atom is 0.147 e. The number of fused-ring (bicyclic) bond motifs is 2. The van der Waals surface area contributed by atoms with Gasteiger partial charge >= 0.3 is 0 Å². The largest absolute Gasteiger partial charge is 0.493 e. The van der Waals surface area contributed by atoms with Gasteiger partial charge in [-0.1, -0.05) is 18.2 Å². The van der Waals surface area contributed by atoms with Crippen LogP contribution in [0.2, 0.25) is 0 Å². The van der Waals surface area contributed by atoms with Crippen molar-refractivity contribution in [1.29, 1.82) is 0 Å². The zero-order valence-corrected chi connectivity index (χ0v) is 17.4. The number of benzene rings is 2. The molecule has 1 fully saturated rings. The molecule has 6 rings (SSSR count). The van der Waals surface area contributed by atoms with Gasteiger partial charge in [0.15, 0.2) is 0 Å². The van der Waals surface area contributed by atoms with E-state index in [-0.39, 0.29) is 12.0 Å². The summed E-state index contributed by atoms with van der Waals surface area (Å²) in [6.45, 7) is 3.56. The predicted octanol–water partition coefficient (Wildman–Crippen LogP) is 4.73. The Kier molecular flexibility index (Phi) is 4.65. The monoisotopic (exact) mass is 421 g/mol. The van der Waals surface area contributed by atoms with Gasteiger partial charge in [-0.05, 0) is 35.7 Å². The number of azo groups is 1. The highest BCUT2D eigenvalue weighted by Crippen LogP contribution is 2.40. The van der Waals surface area contributed by atoms with Gasteiger partial charge in [-0.25, -0.2) is 4.98 Å². The van der Waals surface area contributed by atoms with Gasteiger partial charge in [0.2, 0.25) is 0 Å². The van der Waals surface area contributed by atoms with E-state index in [9.17, 15) is 0 Å². The molecular formula is C23H23N3O3S. The third kappa shape index (κ3) is 3.36. The summed E-state index contributed by atoms with van der Waals surface area (Å²) in [6.07, 6.45) is 1.97. The summed E-state index contributed by atoms with van der Waals surface area (Å²) < 4.78 is 19.1. The highest BCUT2D eigenvalue weighted by molar-refractivity contribution is 7.18. The van der Waals surface area contributed by atoms with E-state index in [2.05, 4.69) is 34.5 Å². The first-order valence-corrected chi connectivity index (χ1v) is 11.4. The standard InChI is InChI=1S/C23H23N3O3S/c1-2-4-19-14(3-1)7-16(12-28-19)23-26-22-20(29-18-5-6-27-13-18)8-15(9-21(22)30-23)17-10-24-25-11-17/h1-4,8-9,16-18H,5-7,10-13H2. The van der Waals surface area contributed by atoms with Crippen molar-refractivity contribution in [3.63, 3.8) is 0 Å². The summed E-state index contributed by atoms with van der Waals surface area (Å²) in [7, 11) is 0. The second kappa shape index (κ2) is 7.63. The van der Waals surface area contributed by atoms with E-state index in [4.69, 9.17) is 19.2 Å². The highest BCUT2D eigenvalue weighted by atomic mass is 32.1. The first-order chi connectivity index (χ1) is 14.8. The van der Waals surface area contributed by atoms with E-state index in [0.717, 1.165) is 54.6 Å². The van der Waals surface area contributed by atoms with E-state index < -0.39 is 0 Å². The number of ether oxygens (including phenoxy) is 3. The van der Waals surface area contributed by atoms with E-state index in [1.807, 2.05) is 12.1 Å². The van der Waals surface area contributed by atoms with Gasteiger partial charge in [-0.15, -0.1) is 11.3 Å². The Labute approximate surface area is 178 Å². The van der Waals surface area contributed by atoms with Gasteiger partial charge in [0.1, 0.15) is 28.1 Å². The molecule has 6 nitrogen and oxygen atoms in total. The molecule has 1 saturated heterocycles. The van der Waals surface area contributed by atoms with E-state index in [1.165, 1.54) is 15.8 Å². The maximum atomic E-state index is 6.37. The quantitative estimate of drug-likeness (QED) is 0.611. The van der Waals surface area contributed by atoms with Crippen molar-refractivity contribution in [3.8, 4) is 11.5 Å². The van der Waals surface area contributed by atoms with Gasteiger partial charge in [-0.2, -0.15) is 10.2 Å². The minimum atomic E-state index is 0.0939. The first kappa shape index (κ1) is 18.3. The Hall–Kier alpha value is -2.51. The summed E-state index contributed by atoms with van der Waals surface area (Å²) in [4.78, 5) is 5.04. The lowest BCUT2D eigenvalue weighted by molar-refractivity contribution is 0.142. The van der Waals surface area contributed by atoms with Gasteiger partial charge in [0, 0.05) is 18.3 Å². The van der Waals surface area contributed by atoms with Crippen LogP contribution in [0, 0.1) is 0 Å². The van der Waals surface area contributed by atoms with Gasteiger partial charge in [-0.3, -0.25) is 0 Å². The van der Waals surface area contributed by atoms with Crippen LogP contribution >= 0.6 is 11.3 Å². The normalized spacial score (nSPS) is 23.6. The highest BCUT2D eigenvalue weighted by Gasteiger charge is 2.27. The zero-order valence-electron chi connectivity index (χ0n) is 16.6. The van der Waals surface area contributed by atoms with Gasteiger partial charge in [0.25, 0.3) is 0 Å². The van der Waals surface area contributed by atoms with Crippen molar-refractivity contribution in [2.45, 2.75) is 30.8 Å². The van der Waals surface area contributed by atoms with Crippen LogP contribution < -0.4 is 9.47 Å². The Bertz CT molecular complexity index is 1100. The number of rotatable bonds is 4. The molecule has 0 saturated carbocycles. The molecular weight excluding hydrogens is 398 g/mol. The minimum Gasteiger partial charge on any atom is -0.493 e. The number of aromatic nitrogens is 1. The number of hydrogen-bond donors (Lipinski definition) is 0. The molecule has 7 heteroatoms. The molecule has 0 N–H and O–H groups in total. The van der Waals surface area contributed by atoms with Gasteiger partial charge < -0.3 is 14.2 Å². The summed E-state index contributed by atoms with van der Waals surface area (Å²) >= 11 is 1.76. The first-order valence-electron chi connectivity index (χ1n) is 10.6. The average molecular weight is 422 g/mol. The SMILES string of the molecule is c1ccc2c(c1)CC(c1nc3c(OC4CCOC4)cc(C4CN=NC4)cc3s1)CO2. The van der Waals surface area contributed by atoms with Crippen LogP contribution in [0.4, 0.5) is 0 Å². The third-order valence-corrected chi connectivity index (χ3v) is 7.25. The smallest absolute Gasteiger partial charge is 0.147 e. The van der Waals surface area contributed by atoms with Crippen LogP contribution in [0.5, 0.6) is 11.5 Å². The molecule has 0 amide bonds. The molecule has 0 radical (unpaired) electrons. The van der Waals surface area contributed by atoms with Crippen LogP contribution in [-0.4, -0.2) is 44.0 Å². The van der Waals surface area contributed by atoms with Crippen molar-refractivity contribution in [3.05, 3.63) is 52.5 Å². The summed E-state index contributed by atoms with van der Waals surface area (Å²) in [5.41, 5.74) is 3.45. The van der Waals surface area contributed by atoms with Crippen LogP contribution in [-0.2, 0) is 11.2 Å². The van der Waals surface area contributed by atoms with E-state index in [0.29, 0.717) is 19.1 Å². The van der Waals surface area contributed by atoms with Crippen molar-refractivity contribution in [2.24, 2.45) is 10.2 Å². The molecule has 3 aliphatic heterocycles. The maximum absolute atomic E-state index is 6.37. The van der Waals surface area contributed by atoms with E-state index in [1.54, 1.807) is 11.3 Å². The predicted molar refractivity (Wildman–Crippen MR) is 115 cm³/mol. The fourth-order valence-electron chi connectivity index (χ4n) is 4.39. The summed E-state index contributed by atoms with van der Waals surface area (Å²) in [5, 5.41) is 9.49. The Morgan fingerprint density at radius 2 is 1.93 bits per heavy atom. The zero-order chi connectivity index (χ0) is 19.9. The molecule has 3 aromatic rings. The van der Waals surface area contributed by atoms with Crippen LogP contribution in [0.15, 0.2) is 46.6 Å². The van der Waals surface area contributed by atoms with Crippen molar-refractivity contribution in [2.75, 3.05) is 32.9 Å². The third-order valence-electron chi connectivity index (χ3n) is 6.08. The summed E-state index contributed by atoms with van der Waals surface area (Å²) in [6, 6.07) is 12.7. The molecule has 0 spiro atoms. The van der Waals surface area contributed by atoms with Crippen molar-refractivity contribution in [1.82, 2.24) is 4.98 Å². The Morgan fingerprint density at radius 3 is 2.80 bits per heavy atom.